The highest BCUT2D eigenvalue weighted by atomic mass is 16.1. The fourth-order valence-electron chi connectivity index (χ4n) is 9.13. The number of ketones is 2. The van der Waals surface area contributed by atoms with Crippen LogP contribution < -0.4 is 0 Å². The molecule has 0 amide bonds. The largest absolute Gasteiger partial charge is 0.298 e. The maximum absolute atomic E-state index is 15.4. The van der Waals surface area contributed by atoms with E-state index in [1.807, 2.05) is 79.7 Å². The molecule has 1 saturated carbocycles. The van der Waals surface area contributed by atoms with Crippen molar-refractivity contribution < 1.29 is 9.59 Å². The molecule has 0 heterocycles. The summed E-state index contributed by atoms with van der Waals surface area (Å²) in [5.41, 5.74) is 3.79. The lowest BCUT2D eigenvalue weighted by Crippen LogP contribution is -2.56. The molecule has 2 heteroatoms. The first-order valence-electron chi connectivity index (χ1n) is 14.1. The van der Waals surface area contributed by atoms with Gasteiger partial charge in [0.25, 0.3) is 0 Å². The molecule has 0 N–H and O–H groups in total. The SMILES string of the molecule is CC1=C(c2ccccc2)[C@@]2(c3ccccc3)[C@@]3(C)C(=O)[C@@](C)(C(c4ccccc4)=C3c3ccccc3)[C@@]2(C)C1=O. The van der Waals surface area contributed by atoms with Gasteiger partial charge in [-0.25, -0.2) is 0 Å². The number of carbonyl (C=O) groups is 2. The van der Waals surface area contributed by atoms with E-state index < -0.39 is 21.7 Å². The predicted molar refractivity (Wildman–Crippen MR) is 161 cm³/mol. The summed E-state index contributed by atoms with van der Waals surface area (Å²) in [5, 5.41) is 0. The Morgan fingerprint density at radius 2 is 0.850 bits per heavy atom. The molecule has 4 atom stereocenters. The first-order valence-corrected chi connectivity index (χ1v) is 14.1. The van der Waals surface area contributed by atoms with Crippen molar-refractivity contribution in [2.75, 3.05) is 0 Å². The number of allylic oxidation sites excluding steroid dienone is 4. The molecule has 0 saturated heterocycles. The third kappa shape index (κ3) is 2.47. The molecular formula is C38H32O2. The Hall–Kier alpha value is -4.30. The number of hydrogen-bond acceptors (Lipinski definition) is 2. The Bertz CT molecular complexity index is 1750. The van der Waals surface area contributed by atoms with Crippen LogP contribution in [0.5, 0.6) is 0 Å². The lowest BCUT2D eigenvalue weighted by Gasteiger charge is -2.55. The van der Waals surface area contributed by atoms with Gasteiger partial charge in [0.1, 0.15) is 0 Å². The number of fused-ring (bicyclic) bond motifs is 5. The fraction of sp³-hybridized carbons (Fsp3) is 0.211. The van der Waals surface area contributed by atoms with E-state index >= 15 is 4.79 Å². The van der Waals surface area contributed by atoms with E-state index in [9.17, 15) is 4.79 Å². The molecule has 4 aromatic rings. The molecule has 0 spiro atoms. The van der Waals surface area contributed by atoms with Crippen LogP contribution >= 0.6 is 0 Å². The minimum Gasteiger partial charge on any atom is -0.298 e. The van der Waals surface area contributed by atoms with Crippen LogP contribution in [0.2, 0.25) is 0 Å². The summed E-state index contributed by atoms with van der Waals surface area (Å²) in [6.07, 6.45) is 0. The zero-order valence-electron chi connectivity index (χ0n) is 23.4. The monoisotopic (exact) mass is 520 g/mol. The molecule has 1 fully saturated rings. The van der Waals surface area contributed by atoms with Crippen molar-refractivity contribution in [1.82, 2.24) is 0 Å². The van der Waals surface area contributed by atoms with E-state index in [-0.39, 0.29) is 11.6 Å². The third-order valence-corrected chi connectivity index (χ3v) is 10.6. The molecule has 4 aromatic carbocycles. The Morgan fingerprint density at radius 1 is 0.475 bits per heavy atom. The van der Waals surface area contributed by atoms with Gasteiger partial charge < -0.3 is 0 Å². The van der Waals surface area contributed by atoms with Crippen LogP contribution in [-0.4, -0.2) is 11.6 Å². The maximum atomic E-state index is 15.4. The molecule has 40 heavy (non-hydrogen) atoms. The smallest absolute Gasteiger partial charge is 0.167 e. The van der Waals surface area contributed by atoms with Gasteiger partial charge in [-0.1, -0.05) is 121 Å². The summed E-state index contributed by atoms with van der Waals surface area (Å²) in [5.74, 6) is 0.189. The van der Waals surface area contributed by atoms with E-state index in [2.05, 4.69) is 69.3 Å². The topological polar surface area (TPSA) is 34.1 Å². The zero-order valence-corrected chi connectivity index (χ0v) is 23.4. The molecule has 7 rings (SSSR count). The Balaban J connectivity index is 1.73. The number of rotatable bonds is 4. The van der Waals surface area contributed by atoms with Gasteiger partial charge in [-0.3, -0.25) is 9.59 Å². The van der Waals surface area contributed by atoms with E-state index in [0.717, 1.165) is 44.5 Å². The van der Waals surface area contributed by atoms with Crippen LogP contribution in [0, 0.1) is 16.2 Å². The van der Waals surface area contributed by atoms with Crippen molar-refractivity contribution >= 4 is 28.3 Å². The highest BCUT2D eigenvalue weighted by Gasteiger charge is 2.88. The second kappa shape index (κ2) is 8.11. The van der Waals surface area contributed by atoms with Gasteiger partial charge in [-0.2, -0.15) is 0 Å². The van der Waals surface area contributed by atoms with Crippen LogP contribution in [0.15, 0.2) is 127 Å². The number of hydrogen-bond donors (Lipinski definition) is 0. The van der Waals surface area contributed by atoms with Crippen molar-refractivity contribution in [3.8, 4) is 0 Å². The number of Topliss-reactive ketones (excluding diaryl/α,β-unsaturated/α-hetero) is 2. The van der Waals surface area contributed by atoms with Gasteiger partial charge in [-0.15, -0.1) is 0 Å². The predicted octanol–water partition coefficient (Wildman–Crippen LogP) is 8.21. The highest BCUT2D eigenvalue weighted by Crippen LogP contribution is 2.86. The van der Waals surface area contributed by atoms with Crippen LogP contribution in [0.25, 0.3) is 16.7 Å². The lowest BCUT2D eigenvalue weighted by atomic mass is 9.43. The summed E-state index contributed by atoms with van der Waals surface area (Å²) in [4.78, 5) is 30.3. The standard InChI is InChI=1S/C38H32O2/c1-25-30(26-17-9-5-10-18-26)38(29-23-15-8-16-24-29)36(3)32(28-21-13-7-14-22-28)31(27-19-11-6-12-20-27)35(2,34(36)40)37(38,4)33(25)39/h5-24H,1-4H3/t35-,36-,37-,38+/m1/s1. The van der Waals surface area contributed by atoms with Crippen LogP contribution in [0.4, 0.5) is 0 Å². The van der Waals surface area contributed by atoms with Crippen molar-refractivity contribution in [3.63, 3.8) is 0 Å². The van der Waals surface area contributed by atoms with E-state index in [1.54, 1.807) is 0 Å². The van der Waals surface area contributed by atoms with Gasteiger partial charge in [-0.05, 0) is 72.2 Å². The molecular weight excluding hydrogens is 488 g/mol. The van der Waals surface area contributed by atoms with Crippen LogP contribution in [-0.2, 0) is 15.0 Å². The van der Waals surface area contributed by atoms with Gasteiger partial charge in [0.05, 0.1) is 21.7 Å². The summed E-state index contributed by atoms with van der Waals surface area (Å²) in [6.45, 7) is 8.23. The number of carbonyl (C=O) groups excluding carboxylic acids is 2. The summed E-state index contributed by atoms with van der Waals surface area (Å²) >= 11 is 0. The van der Waals surface area contributed by atoms with Gasteiger partial charge >= 0.3 is 0 Å². The average Bonchev–Trinajstić information content (AvgIpc) is 3.37. The van der Waals surface area contributed by atoms with Crippen LogP contribution in [0.3, 0.4) is 0 Å². The molecule has 196 valence electrons. The number of benzene rings is 4. The van der Waals surface area contributed by atoms with Crippen LogP contribution in [0.1, 0.15) is 49.9 Å². The summed E-state index contributed by atoms with van der Waals surface area (Å²) in [6, 6.07) is 41.1. The average molecular weight is 521 g/mol. The van der Waals surface area contributed by atoms with E-state index in [4.69, 9.17) is 0 Å². The molecule has 3 aliphatic rings. The summed E-state index contributed by atoms with van der Waals surface area (Å²) in [7, 11) is 0. The maximum Gasteiger partial charge on any atom is 0.167 e. The molecule has 3 aliphatic carbocycles. The van der Waals surface area contributed by atoms with Crippen molar-refractivity contribution in [1.29, 1.82) is 0 Å². The Kier molecular flexibility index (Phi) is 5.01. The minimum absolute atomic E-state index is 0.0651. The molecule has 0 radical (unpaired) electrons. The summed E-state index contributed by atoms with van der Waals surface area (Å²) < 4.78 is 0. The first-order chi connectivity index (χ1) is 19.3. The Labute approximate surface area is 236 Å². The second-order valence-corrected chi connectivity index (χ2v) is 12.0. The Morgan fingerprint density at radius 3 is 1.30 bits per heavy atom. The van der Waals surface area contributed by atoms with Gasteiger partial charge in [0, 0.05) is 0 Å². The van der Waals surface area contributed by atoms with Gasteiger partial charge in [0.15, 0.2) is 11.6 Å². The second-order valence-electron chi connectivity index (χ2n) is 12.0. The minimum atomic E-state index is -1.06. The zero-order chi connectivity index (χ0) is 27.9. The normalized spacial score (nSPS) is 30.8. The third-order valence-electron chi connectivity index (χ3n) is 10.6. The molecule has 2 nitrogen and oxygen atoms in total. The van der Waals surface area contributed by atoms with Gasteiger partial charge in [0.2, 0.25) is 0 Å². The molecule has 2 bridgehead atoms. The van der Waals surface area contributed by atoms with E-state index in [0.29, 0.717) is 0 Å². The van der Waals surface area contributed by atoms with Crippen molar-refractivity contribution in [2.45, 2.75) is 33.1 Å². The quantitative estimate of drug-likeness (QED) is 0.272. The first kappa shape index (κ1) is 24.7. The highest BCUT2D eigenvalue weighted by molar-refractivity contribution is 6.33. The lowest BCUT2D eigenvalue weighted by molar-refractivity contribution is -0.134. The molecule has 0 aromatic heterocycles. The van der Waals surface area contributed by atoms with E-state index in [1.165, 1.54) is 0 Å². The fourth-order valence-corrected chi connectivity index (χ4v) is 9.13. The van der Waals surface area contributed by atoms with Crippen molar-refractivity contribution in [2.24, 2.45) is 16.2 Å². The molecule has 0 unspecified atom stereocenters. The molecule has 0 aliphatic heterocycles. The van der Waals surface area contributed by atoms with Crippen molar-refractivity contribution in [3.05, 3.63) is 149 Å².